The van der Waals surface area contributed by atoms with Gasteiger partial charge in [-0.3, -0.25) is 4.79 Å². The summed E-state index contributed by atoms with van der Waals surface area (Å²) in [5, 5.41) is 0. The Morgan fingerprint density at radius 1 is 0.812 bits per heavy atom. The maximum atomic E-state index is 12.3. The monoisotopic (exact) mass is 224 g/mol. The average Bonchev–Trinajstić information content (AvgIpc) is 2.36. The van der Waals surface area contributed by atoms with Gasteiger partial charge in [0.15, 0.2) is 5.78 Å². The molecule has 0 aliphatic heterocycles. The van der Waals surface area contributed by atoms with Gasteiger partial charge in [-0.2, -0.15) is 0 Å². The lowest BCUT2D eigenvalue weighted by Crippen LogP contribution is -2.19. The first-order valence-electron chi connectivity index (χ1n) is 5.51. The molecule has 0 bridgehead atoms. The first-order chi connectivity index (χ1) is 7.79. The third kappa shape index (κ3) is 1.20. The highest BCUT2D eigenvalue weighted by Gasteiger charge is 2.27. The molecule has 1 aliphatic rings. The summed E-state index contributed by atoms with van der Waals surface area (Å²) in [6.07, 6.45) is 0. The van der Waals surface area contributed by atoms with Crippen LogP contribution in [0.4, 0.5) is 0 Å². The second-order valence-electron chi connectivity index (χ2n) is 4.23. The van der Waals surface area contributed by atoms with E-state index in [-0.39, 0.29) is 5.78 Å². The van der Waals surface area contributed by atoms with E-state index in [4.69, 9.17) is 0 Å². The van der Waals surface area contributed by atoms with E-state index < -0.39 is 0 Å². The van der Waals surface area contributed by atoms with Crippen LogP contribution in [0.15, 0.2) is 48.5 Å². The van der Waals surface area contributed by atoms with Gasteiger partial charge in [0, 0.05) is 21.4 Å². The van der Waals surface area contributed by atoms with Gasteiger partial charge in [-0.15, -0.1) is 0 Å². The minimum absolute atomic E-state index is 0.179. The van der Waals surface area contributed by atoms with Gasteiger partial charge < -0.3 is 0 Å². The van der Waals surface area contributed by atoms with Crippen molar-refractivity contribution in [2.75, 3.05) is 0 Å². The maximum absolute atomic E-state index is 12.3. The molecule has 16 heavy (non-hydrogen) atoms. The molecule has 0 N–H and O–H groups in total. The molecule has 0 amide bonds. The van der Waals surface area contributed by atoms with E-state index in [0.717, 1.165) is 21.4 Å². The molecule has 3 rings (SSSR count). The molecular formula is C14H12OSi. The zero-order valence-corrected chi connectivity index (χ0v) is 11.1. The summed E-state index contributed by atoms with van der Waals surface area (Å²) in [5.41, 5.74) is 4.64. The molecule has 0 saturated heterocycles. The lowest BCUT2D eigenvalue weighted by Gasteiger charge is -2.24. The van der Waals surface area contributed by atoms with Crippen molar-refractivity contribution < 1.29 is 4.79 Å². The van der Waals surface area contributed by atoms with Crippen molar-refractivity contribution in [2.45, 2.75) is 5.54 Å². The van der Waals surface area contributed by atoms with E-state index in [1.54, 1.807) is 0 Å². The standard InChI is InChI=1S/C14H12OSi/c15-13-9-5-1-3-7-11(9)14(16)12-8-4-2-6-10(12)13/h1-8,14H,16H3. The highest BCUT2D eigenvalue weighted by molar-refractivity contribution is 6.21. The number of benzene rings is 2. The highest BCUT2D eigenvalue weighted by atomic mass is 28.1. The first kappa shape index (κ1) is 9.55. The predicted octanol–water partition coefficient (Wildman–Crippen LogP) is 1.69. The van der Waals surface area contributed by atoms with E-state index in [9.17, 15) is 4.79 Å². The van der Waals surface area contributed by atoms with Crippen molar-refractivity contribution in [3.05, 3.63) is 70.8 Å². The van der Waals surface area contributed by atoms with Crippen molar-refractivity contribution in [3.63, 3.8) is 0 Å². The van der Waals surface area contributed by atoms with Crippen LogP contribution in [-0.4, -0.2) is 16.0 Å². The fraction of sp³-hybridized carbons (Fsp3) is 0.0714. The van der Waals surface area contributed by atoms with Gasteiger partial charge in [0.05, 0.1) is 0 Å². The second kappa shape index (κ2) is 3.42. The van der Waals surface area contributed by atoms with Crippen LogP contribution in [0.3, 0.4) is 0 Å². The normalized spacial score (nSPS) is 14.6. The number of fused-ring (bicyclic) bond motifs is 2. The summed E-state index contributed by atoms with van der Waals surface area (Å²) in [7, 11) is 1.04. The molecule has 0 radical (unpaired) electrons. The summed E-state index contributed by atoms with van der Waals surface area (Å²) in [4.78, 5) is 12.3. The topological polar surface area (TPSA) is 17.1 Å². The molecule has 2 aromatic rings. The van der Waals surface area contributed by atoms with Crippen LogP contribution < -0.4 is 0 Å². The lowest BCUT2D eigenvalue weighted by molar-refractivity contribution is 0.103. The Morgan fingerprint density at radius 3 is 1.75 bits per heavy atom. The summed E-state index contributed by atoms with van der Waals surface area (Å²) < 4.78 is 0. The van der Waals surface area contributed by atoms with Gasteiger partial charge in [0.2, 0.25) is 0 Å². The Bertz CT molecular complexity index is 525. The third-order valence-corrected chi connectivity index (χ3v) is 4.59. The summed E-state index contributed by atoms with van der Waals surface area (Å²) in [6.45, 7) is 0. The third-order valence-electron chi connectivity index (χ3n) is 3.34. The van der Waals surface area contributed by atoms with Crippen LogP contribution in [0, 0.1) is 0 Å². The van der Waals surface area contributed by atoms with E-state index >= 15 is 0 Å². The van der Waals surface area contributed by atoms with Crippen molar-refractivity contribution in [1.29, 1.82) is 0 Å². The van der Waals surface area contributed by atoms with Crippen LogP contribution in [-0.2, 0) is 0 Å². The first-order valence-corrected chi connectivity index (χ1v) is 6.67. The average molecular weight is 224 g/mol. The lowest BCUT2D eigenvalue weighted by atomic mass is 9.84. The molecule has 1 nitrogen and oxygen atoms in total. The summed E-state index contributed by atoms with van der Waals surface area (Å²) >= 11 is 0. The number of hydrogen-bond acceptors (Lipinski definition) is 1. The predicted molar refractivity (Wildman–Crippen MR) is 68.1 cm³/mol. The Balaban J connectivity index is 2.30. The van der Waals surface area contributed by atoms with Gasteiger partial charge in [-0.1, -0.05) is 48.5 Å². The Morgan fingerprint density at radius 2 is 1.25 bits per heavy atom. The summed E-state index contributed by atoms with van der Waals surface area (Å²) in [6, 6.07) is 16.0. The van der Waals surface area contributed by atoms with Crippen LogP contribution >= 0.6 is 0 Å². The van der Waals surface area contributed by atoms with Gasteiger partial charge in [0.1, 0.15) is 0 Å². The van der Waals surface area contributed by atoms with Crippen molar-refractivity contribution >= 4 is 16.0 Å². The smallest absolute Gasteiger partial charge is 0.193 e. The van der Waals surface area contributed by atoms with Crippen molar-refractivity contribution in [1.82, 2.24) is 0 Å². The Kier molecular flexibility index (Phi) is 2.04. The van der Waals surface area contributed by atoms with Crippen molar-refractivity contribution in [3.8, 4) is 0 Å². The minimum atomic E-state index is 0.179. The van der Waals surface area contributed by atoms with E-state index in [2.05, 4.69) is 12.1 Å². The number of carbonyl (C=O) groups excluding carboxylic acids is 1. The van der Waals surface area contributed by atoms with Crippen molar-refractivity contribution in [2.24, 2.45) is 0 Å². The molecule has 0 unspecified atom stereocenters. The minimum Gasteiger partial charge on any atom is -0.289 e. The summed E-state index contributed by atoms with van der Waals surface area (Å²) in [5.74, 6) is 0.179. The van der Waals surface area contributed by atoms with Crippen LogP contribution in [0.2, 0.25) is 0 Å². The van der Waals surface area contributed by atoms with E-state index in [1.165, 1.54) is 11.1 Å². The molecule has 0 aromatic heterocycles. The van der Waals surface area contributed by atoms with Gasteiger partial charge in [-0.25, -0.2) is 0 Å². The molecule has 0 fully saturated rings. The van der Waals surface area contributed by atoms with Gasteiger partial charge in [-0.05, 0) is 16.7 Å². The molecule has 0 spiro atoms. The Labute approximate surface area is 97.5 Å². The number of carbonyl (C=O) groups is 1. The molecule has 0 saturated carbocycles. The fourth-order valence-electron chi connectivity index (χ4n) is 2.48. The fourth-order valence-corrected chi connectivity index (χ4v) is 3.48. The van der Waals surface area contributed by atoms with E-state index in [1.807, 2.05) is 36.4 Å². The molecular weight excluding hydrogens is 212 g/mol. The van der Waals surface area contributed by atoms with Gasteiger partial charge in [0.25, 0.3) is 0 Å². The second-order valence-corrected chi connectivity index (χ2v) is 5.38. The molecule has 78 valence electrons. The van der Waals surface area contributed by atoms with E-state index in [0.29, 0.717) is 5.54 Å². The zero-order valence-electron chi connectivity index (χ0n) is 9.10. The number of rotatable bonds is 0. The largest absolute Gasteiger partial charge is 0.289 e. The Hall–Kier alpha value is -1.67. The molecule has 1 aliphatic carbocycles. The number of ketones is 1. The quantitative estimate of drug-likeness (QED) is 0.622. The molecule has 2 heteroatoms. The molecule has 0 heterocycles. The number of hydrogen-bond donors (Lipinski definition) is 0. The SMILES string of the molecule is O=C1c2ccccc2C([SiH3])c2ccccc21. The molecule has 2 aromatic carbocycles. The highest BCUT2D eigenvalue weighted by Crippen LogP contribution is 2.33. The van der Waals surface area contributed by atoms with Crippen LogP contribution in [0.1, 0.15) is 32.6 Å². The zero-order chi connectivity index (χ0) is 11.1. The maximum Gasteiger partial charge on any atom is 0.193 e. The molecule has 0 atom stereocenters. The van der Waals surface area contributed by atoms with Crippen LogP contribution in [0.5, 0.6) is 0 Å². The van der Waals surface area contributed by atoms with Gasteiger partial charge >= 0.3 is 0 Å². The van der Waals surface area contributed by atoms with Crippen LogP contribution in [0.25, 0.3) is 0 Å².